The van der Waals surface area contributed by atoms with Crippen molar-refractivity contribution in [1.29, 1.82) is 0 Å². The summed E-state index contributed by atoms with van der Waals surface area (Å²) in [6, 6.07) is 31.3. The molecule has 0 fully saturated rings. The van der Waals surface area contributed by atoms with Gasteiger partial charge in [0.1, 0.15) is 0 Å². The average molecular weight is 649 g/mol. The van der Waals surface area contributed by atoms with Crippen molar-refractivity contribution in [3.8, 4) is 45.2 Å². The van der Waals surface area contributed by atoms with E-state index in [4.69, 9.17) is 15.0 Å². The van der Waals surface area contributed by atoms with Gasteiger partial charge in [-0.3, -0.25) is 4.98 Å². The summed E-state index contributed by atoms with van der Waals surface area (Å²) in [6.45, 7) is 12.0. The van der Waals surface area contributed by atoms with Gasteiger partial charge in [-0.25, -0.2) is 15.0 Å². The second kappa shape index (κ2) is 16.2. The van der Waals surface area contributed by atoms with Crippen LogP contribution in [0.4, 0.5) is 0 Å². The molecule has 0 spiro atoms. The third kappa shape index (κ3) is 7.72. The largest absolute Gasteiger partial charge is 0.256 e. The third-order valence-electron chi connectivity index (χ3n) is 8.49. The van der Waals surface area contributed by atoms with E-state index in [0.717, 1.165) is 68.6 Å². The minimum absolute atomic E-state index is 0.605. The van der Waals surface area contributed by atoms with Gasteiger partial charge in [0.25, 0.3) is 0 Å². The Balaban J connectivity index is 1.61. The van der Waals surface area contributed by atoms with E-state index in [1.807, 2.05) is 105 Å². The molecule has 0 bridgehead atoms. The first-order chi connectivity index (χ1) is 24.6. The molecule has 50 heavy (non-hydrogen) atoms. The van der Waals surface area contributed by atoms with Gasteiger partial charge in [0.05, 0.1) is 5.69 Å². The van der Waals surface area contributed by atoms with E-state index < -0.39 is 0 Å². The van der Waals surface area contributed by atoms with Crippen LogP contribution in [0, 0.1) is 0 Å². The van der Waals surface area contributed by atoms with Crippen LogP contribution in [0.3, 0.4) is 0 Å². The molecule has 1 aliphatic carbocycles. The quantitative estimate of drug-likeness (QED) is 0.141. The van der Waals surface area contributed by atoms with E-state index in [1.54, 1.807) is 0 Å². The van der Waals surface area contributed by atoms with Crippen LogP contribution in [0.2, 0.25) is 0 Å². The zero-order chi connectivity index (χ0) is 34.7. The summed E-state index contributed by atoms with van der Waals surface area (Å²) in [4.78, 5) is 19.7. The number of hydrogen-bond donors (Lipinski definition) is 0. The maximum Gasteiger partial charge on any atom is 0.164 e. The molecule has 0 amide bonds. The zero-order valence-electron chi connectivity index (χ0n) is 28.6. The normalized spacial score (nSPS) is 15.2. The molecule has 0 atom stereocenters. The molecule has 4 heteroatoms. The highest BCUT2D eigenvalue weighted by atomic mass is 15.0. The summed E-state index contributed by atoms with van der Waals surface area (Å²) in [5, 5.41) is 0. The second-order valence-electron chi connectivity index (χ2n) is 11.8. The maximum absolute atomic E-state index is 5.09. The minimum atomic E-state index is 0.605. The molecule has 5 aromatic rings. The average Bonchev–Trinajstić information content (AvgIpc) is 3.18. The van der Waals surface area contributed by atoms with Crippen molar-refractivity contribution in [1.82, 2.24) is 19.9 Å². The highest BCUT2D eigenvalue weighted by Crippen LogP contribution is 2.37. The molecule has 3 aromatic carbocycles. The number of hydrogen-bond acceptors (Lipinski definition) is 4. The van der Waals surface area contributed by atoms with Gasteiger partial charge < -0.3 is 0 Å². The molecule has 0 N–H and O–H groups in total. The van der Waals surface area contributed by atoms with Crippen LogP contribution in [0.1, 0.15) is 38.1 Å². The Morgan fingerprint density at radius 3 is 2.14 bits per heavy atom. The lowest BCUT2D eigenvalue weighted by Gasteiger charge is -2.19. The fourth-order valence-electron chi connectivity index (χ4n) is 6.07. The molecule has 0 saturated heterocycles. The molecule has 244 valence electrons. The van der Waals surface area contributed by atoms with Crippen LogP contribution >= 0.6 is 0 Å². The van der Waals surface area contributed by atoms with Crippen molar-refractivity contribution in [3.63, 3.8) is 0 Å². The molecule has 1 aliphatic rings. The van der Waals surface area contributed by atoms with Crippen molar-refractivity contribution in [2.75, 3.05) is 0 Å². The van der Waals surface area contributed by atoms with E-state index in [2.05, 4.69) is 84.9 Å². The predicted octanol–water partition coefficient (Wildman–Crippen LogP) is 11.9. The Labute approximate surface area is 295 Å². The van der Waals surface area contributed by atoms with E-state index in [1.165, 1.54) is 5.57 Å². The topological polar surface area (TPSA) is 51.6 Å². The lowest BCUT2D eigenvalue weighted by Crippen LogP contribution is -2.03. The third-order valence-corrected chi connectivity index (χ3v) is 8.49. The van der Waals surface area contributed by atoms with Crippen LogP contribution in [-0.2, 0) is 0 Å². The predicted molar refractivity (Wildman–Crippen MR) is 211 cm³/mol. The van der Waals surface area contributed by atoms with Crippen molar-refractivity contribution in [2.24, 2.45) is 0 Å². The summed E-state index contributed by atoms with van der Waals surface area (Å²) in [7, 11) is 0. The summed E-state index contributed by atoms with van der Waals surface area (Å²) >= 11 is 0. The van der Waals surface area contributed by atoms with Crippen LogP contribution in [-0.4, -0.2) is 19.9 Å². The van der Waals surface area contributed by atoms with Crippen LogP contribution < -0.4 is 0 Å². The zero-order valence-corrected chi connectivity index (χ0v) is 28.6. The highest BCUT2D eigenvalue weighted by Gasteiger charge is 2.18. The van der Waals surface area contributed by atoms with Gasteiger partial charge >= 0.3 is 0 Å². The van der Waals surface area contributed by atoms with E-state index in [9.17, 15) is 0 Å². The van der Waals surface area contributed by atoms with Gasteiger partial charge in [-0.05, 0) is 90.4 Å². The van der Waals surface area contributed by atoms with Crippen molar-refractivity contribution < 1.29 is 0 Å². The molecule has 0 unspecified atom stereocenters. The number of rotatable bonds is 10. The lowest BCUT2D eigenvalue weighted by molar-refractivity contribution is 0.971. The molecular weight excluding hydrogens is 609 g/mol. The highest BCUT2D eigenvalue weighted by molar-refractivity contribution is 5.87. The van der Waals surface area contributed by atoms with Crippen molar-refractivity contribution in [3.05, 3.63) is 194 Å². The van der Waals surface area contributed by atoms with E-state index in [-0.39, 0.29) is 0 Å². The lowest BCUT2D eigenvalue weighted by atomic mass is 9.86. The van der Waals surface area contributed by atoms with Gasteiger partial charge in [0.2, 0.25) is 0 Å². The van der Waals surface area contributed by atoms with Crippen LogP contribution in [0.5, 0.6) is 0 Å². The van der Waals surface area contributed by atoms with Gasteiger partial charge in [0, 0.05) is 28.5 Å². The molecule has 0 saturated carbocycles. The number of benzene rings is 3. The van der Waals surface area contributed by atoms with Crippen LogP contribution in [0.15, 0.2) is 182 Å². The Morgan fingerprint density at radius 2 is 1.44 bits per heavy atom. The van der Waals surface area contributed by atoms with Gasteiger partial charge in [-0.15, -0.1) is 0 Å². The Morgan fingerprint density at radius 1 is 0.700 bits per heavy atom. The molecule has 0 radical (unpaired) electrons. The maximum atomic E-state index is 5.09. The fraction of sp³-hybridized carbons (Fsp3) is 0.0870. The monoisotopic (exact) mass is 648 g/mol. The van der Waals surface area contributed by atoms with Gasteiger partial charge in [0.15, 0.2) is 17.5 Å². The number of allylic oxidation sites excluding steroid dienone is 14. The Bertz CT molecular complexity index is 2180. The van der Waals surface area contributed by atoms with Gasteiger partial charge in [-0.2, -0.15) is 0 Å². The minimum Gasteiger partial charge on any atom is -0.256 e. The molecular formula is C46H40N4. The summed E-state index contributed by atoms with van der Waals surface area (Å²) < 4.78 is 0. The molecule has 6 rings (SSSR count). The standard InChI is InChI=1S/C46H40N4/c1-5-9-22-42(41-23-14-13-19-35(41)18-7-3)39-30-38(34-25-27-36(28-26-34)43-24-15-16-29-47-43)31-40(32-39)46-49-44(33(8-4)17-6-2)48-45(50-46)37-20-11-10-12-21-37/h5-13,15-22,24-32H,1,3,14,23H2,2,4H3/b17-6-,22-9+,33-8+,35-18+,42-41+. The SMILES string of the molecule is C=C/C=C/C(=C1/CCC=C/C1=C\C=C)c1cc(-c2ccc(-c3ccccn3)cc2)cc(-c2nc(C(/C=C\C)=C/C)nc(-c3ccccc3)n2)c1. The molecule has 2 aromatic heterocycles. The van der Waals surface area contributed by atoms with Crippen molar-refractivity contribution >= 4 is 11.1 Å². The van der Waals surface area contributed by atoms with Gasteiger partial charge in [-0.1, -0.05) is 135 Å². The van der Waals surface area contributed by atoms with E-state index in [0.29, 0.717) is 17.5 Å². The Kier molecular flexibility index (Phi) is 10.9. The molecule has 0 aliphatic heterocycles. The molecule has 2 heterocycles. The number of nitrogens with zero attached hydrogens (tertiary/aromatic N) is 4. The number of aromatic nitrogens is 4. The van der Waals surface area contributed by atoms with Crippen molar-refractivity contribution in [2.45, 2.75) is 26.7 Å². The first-order valence-corrected chi connectivity index (χ1v) is 16.9. The summed E-state index contributed by atoms with van der Waals surface area (Å²) in [5.41, 5.74) is 11.5. The molecule has 4 nitrogen and oxygen atoms in total. The summed E-state index contributed by atoms with van der Waals surface area (Å²) in [6.07, 6.45) is 24.1. The Hall–Kier alpha value is -6.26. The number of pyridine rings is 1. The first-order valence-electron chi connectivity index (χ1n) is 16.9. The fourth-order valence-corrected chi connectivity index (χ4v) is 6.07. The van der Waals surface area contributed by atoms with E-state index >= 15 is 0 Å². The second-order valence-corrected chi connectivity index (χ2v) is 11.8. The van der Waals surface area contributed by atoms with Crippen LogP contribution in [0.25, 0.3) is 56.3 Å². The summed E-state index contributed by atoms with van der Waals surface area (Å²) in [5.74, 6) is 1.85. The smallest absolute Gasteiger partial charge is 0.164 e. The first kappa shape index (κ1) is 33.6.